The molecule has 56 heavy (non-hydrogen) atoms. The SMILES string of the molecule is c1ccc2cc(-c3nc(-c4ccc5ccccc5c4)nc(-c4cc5oc6ccccc6c5cc4-n4c5ccccc5c5cc6ccccc6cc54)n3)ccc2c1. The standard InChI is InChI=1S/C51H30N4O/c1-3-13-33-25-37(23-21-31(33)11-1)49-52-50(38-24-22-32-12-2-4-14-34(32)26-38)54-51(53-49)43-30-48-42(40-18-8-10-20-47(40)56-48)29-46(43)55-44-19-9-7-17-39(44)41-27-35-15-5-6-16-36(35)28-45(41)55/h1-30H. The molecule has 0 fully saturated rings. The van der Waals surface area contributed by atoms with Crippen LogP contribution < -0.4 is 0 Å². The van der Waals surface area contributed by atoms with Crippen LogP contribution in [-0.2, 0) is 0 Å². The van der Waals surface area contributed by atoms with Gasteiger partial charge < -0.3 is 8.98 Å². The fourth-order valence-corrected chi connectivity index (χ4v) is 8.45. The summed E-state index contributed by atoms with van der Waals surface area (Å²) in [6.07, 6.45) is 0. The minimum atomic E-state index is 0.565. The van der Waals surface area contributed by atoms with Gasteiger partial charge in [0.15, 0.2) is 17.5 Å². The second-order valence-corrected chi connectivity index (χ2v) is 14.5. The number of benzene rings is 9. The highest BCUT2D eigenvalue weighted by Gasteiger charge is 2.22. The molecule has 0 N–H and O–H groups in total. The van der Waals surface area contributed by atoms with Crippen LogP contribution in [0, 0.1) is 0 Å². The average Bonchev–Trinajstić information content (AvgIpc) is 3.79. The lowest BCUT2D eigenvalue weighted by atomic mass is 10.0. The van der Waals surface area contributed by atoms with E-state index in [2.05, 4.69) is 174 Å². The van der Waals surface area contributed by atoms with Gasteiger partial charge >= 0.3 is 0 Å². The minimum absolute atomic E-state index is 0.565. The molecule has 0 aliphatic carbocycles. The number of hydrogen-bond acceptors (Lipinski definition) is 4. The van der Waals surface area contributed by atoms with Crippen LogP contribution in [0.5, 0.6) is 0 Å². The van der Waals surface area contributed by atoms with Crippen molar-refractivity contribution < 1.29 is 4.42 Å². The summed E-state index contributed by atoms with van der Waals surface area (Å²) < 4.78 is 8.94. The first kappa shape index (κ1) is 30.8. The van der Waals surface area contributed by atoms with Crippen LogP contribution in [-0.4, -0.2) is 19.5 Å². The first-order valence-electron chi connectivity index (χ1n) is 18.8. The molecule has 5 nitrogen and oxygen atoms in total. The van der Waals surface area contributed by atoms with Crippen LogP contribution in [0.25, 0.3) is 116 Å². The van der Waals surface area contributed by atoms with Gasteiger partial charge in [0.1, 0.15) is 11.2 Å². The molecular weight excluding hydrogens is 685 g/mol. The van der Waals surface area contributed by atoms with Gasteiger partial charge in [-0.25, -0.2) is 15.0 Å². The number of para-hydroxylation sites is 2. The van der Waals surface area contributed by atoms with E-state index in [9.17, 15) is 0 Å². The topological polar surface area (TPSA) is 56.7 Å². The molecule has 260 valence electrons. The molecule has 3 heterocycles. The van der Waals surface area contributed by atoms with Crippen LogP contribution in [0.15, 0.2) is 186 Å². The minimum Gasteiger partial charge on any atom is -0.456 e. The Hall–Kier alpha value is -7.63. The molecule has 0 aliphatic rings. The molecule has 0 radical (unpaired) electrons. The van der Waals surface area contributed by atoms with E-state index in [1.807, 2.05) is 12.1 Å². The van der Waals surface area contributed by atoms with Gasteiger partial charge in [-0.15, -0.1) is 0 Å². The fraction of sp³-hybridized carbons (Fsp3) is 0. The molecular formula is C51H30N4O. The van der Waals surface area contributed by atoms with Gasteiger partial charge in [0.2, 0.25) is 0 Å². The van der Waals surface area contributed by atoms with E-state index in [4.69, 9.17) is 19.4 Å². The van der Waals surface area contributed by atoms with Gasteiger partial charge in [-0.2, -0.15) is 0 Å². The van der Waals surface area contributed by atoms with Crippen molar-refractivity contribution in [2.75, 3.05) is 0 Å². The van der Waals surface area contributed by atoms with Gasteiger partial charge in [-0.1, -0.05) is 133 Å². The molecule has 5 heteroatoms. The zero-order chi connectivity index (χ0) is 36.7. The first-order chi connectivity index (χ1) is 27.7. The lowest BCUT2D eigenvalue weighted by Crippen LogP contribution is -2.04. The van der Waals surface area contributed by atoms with E-state index in [-0.39, 0.29) is 0 Å². The van der Waals surface area contributed by atoms with Gasteiger partial charge in [-0.3, -0.25) is 0 Å². The average molecular weight is 715 g/mol. The molecule has 0 unspecified atom stereocenters. The Kier molecular flexibility index (Phi) is 6.56. The van der Waals surface area contributed by atoms with Gasteiger partial charge in [-0.05, 0) is 80.8 Å². The van der Waals surface area contributed by atoms with Crippen molar-refractivity contribution in [1.29, 1.82) is 0 Å². The molecule has 12 rings (SSSR count). The monoisotopic (exact) mass is 714 g/mol. The zero-order valence-corrected chi connectivity index (χ0v) is 30.0. The zero-order valence-electron chi connectivity index (χ0n) is 30.0. The van der Waals surface area contributed by atoms with Crippen LogP contribution in [0.4, 0.5) is 0 Å². The van der Waals surface area contributed by atoms with Crippen molar-refractivity contribution in [2.45, 2.75) is 0 Å². The van der Waals surface area contributed by atoms with Gasteiger partial charge in [0.05, 0.1) is 16.7 Å². The number of rotatable bonds is 4. The molecule has 0 bridgehead atoms. The van der Waals surface area contributed by atoms with Crippen LogP contribution in [0.2, 0.25) is 0 Å². The molecule has 12 aromatic rings. The van der Waals surface area contributed by atoms with Crippen molar-refractivity contribution in [2.24, 2.45) is 0 Å². The van der Waals surface area contributed by atoms with E-state index in [0.29, 0.717) is 17.5 Å². The Morgan fingerprint density at radius 3 is 1.55 bits per heavy atom. The van der Waals surface area contributed by atoms with E-state index in [1.54, 1.807) is 0 Å². The Balaban J connectivity index is 1.20. The summed E-state index contributed by atoms with van der Waals surface area (Å²) in [6, 6.07) is 64.0. The Bertz CT molecular complexity index is 3460. The van der Waals surface area contributed by atoms with Gasteiger partial charge in [0, 0.05) is 38.2 Å². The smallest absolute Gasteiger partial charge is 0.166 e. The molecule has 0 saturated heterocycles. The third-order valence-electron chi connectivity index (χ3n) is 11.2. The number of fused-ring (bicyclic) bond motifs is 9. The van der Waals surface area contributed by atoms with E-state index in [0.717, 1.165) is 76.9 Å². The first-order valence-corrected chi connectivity index (χ1v) is 18.8. The highest BCUT2D eigenvalue weighted by atomic mass is 16.3. The number of aromatic nitrogens is 4. The van der Waals surface area contributed by atoms with Crippen LogP contribution in [0.3, 0.4) is 0 Å². The maximum atomic E-state index is 6.57. The summed E-state index contributed by atoms with van der Waals surface area (Å²) in [6.45, 7) is 0. The van der Waals surface area contributed by atoms with E-state index < -0.39 is 0 Å². The van der Waals surface area contributed by atoms with Crippen molar-refractivity contribution in [3.05, 3.63) is 182 Å². The maximum absolute atomic E-state index is 6.57. The van der Waals surface area contributed by atoms with Gasteiger partial charge in [0.25, 0.3) is 0 Å². The lowest BCUT2D eigenvalue weighted by Gasteiger charge is -2.15. The Labute approximate surface area is 320 Å². The summed E-state index contributed by atoms with van der Waals surface area (Å²) in [7, 11) is 0. The second-order valence-electron chi connectivity index (χ2n) is 14.5. The lowest BCUT2D eigenvalue weighted by molar-refractivity contribution is 0.669. The van der Waals surface area contributed by atoms with Crippen molar-refractivity contribution in [3.8, 4) is 39.9 Å². The number of furan rings is 1. The Morgan fingerprint density at radius 1 is 0.339 bits per heavy atom. The highest BCUT2D eigenvalue weighted by molar-refractivity contribution is 6.15. The van der Waals surface area contributed by atoms with Crippen molar-refractivity contribution in [3.63, 3.8) is 0 Å². The third kappa shape index (κ3) is 4.78. The quantitative estimate of drug-likeness (QED) is 0.182. The van der Waals surface area contributed by atoms with Crippen LogP contribution >= 0.6 is 0 Å². The molecule has 3 aromatic heterocycles. The third-order valence-corrected chi connectivity index (χ3v) is 11.2. The molecule has 0 saturated carbocycles. The van der Waals surface area contributed by atoms with Crippen LogP contribution in [0.1, 0.15) is 0 Å². The summed E-state index contributed by atoms with van der Waals surface area (Å²) in [5.41, 5.74) is 7.47. The molecule has 0 amide bonds. The van der Waals surface area contributed by atoms with Crippen molar-refractivity contribution >= 4 is 76.1 Å². The molecule has 9 aromatic carbocycles. The molecule has 0 spiro atoms. The van der Waals surface area contributed by atoms with E-state index in [1.165, 1.54) is 21.5 Å². The largest absolute Gasteiger partial charge is 0.456 e. The normalized spacial score (nSPS) is 11.9. The maximum Gasteiger partial charge on any atom is 0.166 e. The fourth-order valence-electron chi connectivity index (χ4n) is 8.45. The predicted octanol–water partition coefficient (Wildman–Crippen LogP) is 13.3. The second kappa shape index (κ2) is 11.9. The van der Waals surface area contributed by atoms with Crippen molar-refractivity contribution in [1.82, 2.24) is 19.5 Å². The summed E-state index contributed by atoms with van der Waals surface area (Å²) >= 11 is 0. The molecule has 0 aliphatic heterocycles. The Morgan fingerprint density at radius 2 is 0.875 bits per heavy atom. The highest BCUT2D eigenvalue weighted by Crippen LogP contribution is 2.41. The number of nitrogens with zero attached hydrogens (tertiary/aromatic N) is 4. The van der Waals surface area contributed by atoms with E-state index >= 15 is 0 Å². The summed E-state index contributed by atoms with van der Waals surface area (Å²) in [5, 5.41) is 11.4. The predicted molar refractivity (Wildman–Crippen MR) is 230 cm³/mol. The number of hydrogen-bond donors (Lipinski definition) is 0. The molecule has 0 atom stereocenters. The summed E-state index contributed by atoms with van der Waals surface area (Å²) in [5.74, 6) is 1.77. The summed E-state index contributed by atoms with van der Waals surface area (Å²) in [4.78, 5) is 15.8.